The molecule has 6 heteroatoms. The van der Waals surface area contributed by atoms with E-state index in [1.807, 2.05) is 0 Å². The highest BCUT2D eigenvalue weighted by Gasteiger charge is 2.23. The summed E-state index contributed by atoms with van der Waals surface area (Å²) in [6.07, 6.45) is 0. The van der Waals surface area contributed by atoms with Gasteiger partial charge in [-0.15, -0.1) is 3.89 Å². The van der Waals surface area contributed by atoms with Crippen molar-refractivity contribution >= 4 is 16.1 Å². The third kappa shape index (κ3) is 1.92. The normalized spacial score (nSPS) is 15.0. The molecule has 1 heterocycles. The SMILES string of the molecule is CC(=O)N1Cc2ccc(S(=O)(=O)F)cc2C1. The zero-order valence-corrected chi connectivity index (χ0v) is 9.42. The molecule has 1 aromatic rings. The van der Waals surface area contributed by atoms with E-state index in [1.54, 1.807) is 11.0 Å². The Labute approximate surface area is 92.9 Å². The summed E-state index contributed by atoms with van der Waals surface area (Å²) in [5, 5.41) is 0. The molecule has 1 aliphatic rings. The standard InChI is InChI=1S/C10H10FNO3S/c1-7(13)12-5-8-2-3-10(16(11,14)15)4-9(8)6-12/h2-4H,5-6H2,1H3. The number of rotatable bonds is 1. The molecule has 0 bridgehead atoms. The molecule has 0 unspecified atom stereocenters. The largest absolute Gasteiger partial charge is 0.334 e. The molecular formula is C10H10FNO3S. The van der Waals surface area contributed by atoms with Crippen molar-refractivity contribution in [1.29, 1.82) is 0 Å². The molecule has 1 aliphatic heterocycles. The number of nitrogens with zero attached hydrogens (tertiary/aromatic N) is 1. The van der Waals surface area contributed by atoms with Gasteiger partial charge in [-0.25, -0.2) is 0 Å². The van der Waals surface area contributed by atoms with Crippen molar-refractivity contribution in [3.63, 3.8) is 0 Å². The lowest BCUT2D eigenvalue weighted by Crippen LogP contribution is -2.21. The molecule has 2 rings (SSSR count). The van der Waals surface area contributed by atoms with Gasteiger partial charge in [0.15, 0.2) is 0 Å². The van der Waals surface area contributed by atoms with Crippen LogP contribution in [0.15, 0.2) is 23.1 Å². The third-order valence-corrected chi connectivity index (χ3v) is 3.44. The summed E-state index contributed by atoms with van der Waals surface area (Å²) in [6.45, 7) is 2.24. The Bertz CT molecular complexity index is 553. The first kappa shape index (κ1) is 11.1. The lowest BCUT2D eigenvalue weighted by Gasteiger charge is -2.10. The van der Waals surface area contributed by atoms with Gasteiger partial charge in [-0.3, -0.25) is 4.79 Å². The molecule has 0 atom stereocenters. The van der Waals surface area contributed by atoms with Crippen molar-refractivity contribution in [2.45, 2.75) is 24.9 Å². The number of hydrogen-bond donors (Lipinski definition) is 0. The fourth-order valence-electron chi connectivity index (χ4n) is 1.75. The summed E-state index contributed by atoms with van der Waals surface area (Å²) < 4.78 is 34.1. The summed E-state index contributed by atoms with van der Waals surface area (Å²) in [6, 6.07) is 4.05. The summed E-state index contributed by atoms with van der Waals surface area (Å²) in [5.74, 6) is -0.0825. The van der Waals surface area contributed by atoms with E-state index in [-0.39, 0.29) is 10.8 Å². The highest BCUT2D eigenvalue weighted by atomic mass is 32.3. The molecule has 0 saturated carbocycles. The molecule has 0 fully saturated rings. The monoisotopic (exact) mass is 243 g/mol. The Morgan fingerprint density at radius 1 is 1.31 bits per heavy atom. The van der Waals surface area contributed by atoms with Gasteiger partial charge >= 0.3 is 10.2 Å². The summed E-state index contributed by atoms with van der Waals surface area (Å²) in [5.41, 5.74) is 1.55. The maximum absolute atomic E-state index is 12.7. The van der Waals surface area contributed by atoms with E-state index in [4.69, 9.17) is 0 Å². The van der Waals surface area contributed by atoms with Gasteiger partial charge in [0.25, 0.3) is 0 Å². The van der Waals surface area contributed by atoms with Gasteiger partial charge in [0.1, 0.15) is 0 Å². The van der Waals surface area contributed by atoms with E-state index in [2.05, 4.69) is 0 Å². The number of amides is 1. The molecule has 0 radical (unpaired) electrons. The summed E-state index contributed by atoms with van der Waals surface area (Å²) in [7, 11) is -4.67. The van der Waals surface area contributed by atoms with Gasteiger partial charge in [0.05, 0.1) is 4.90 Å². The Morgan fingerprint density at radius 3 is 2.50 bits per heavy atom. The van der Waals surface area contributed by atoms with Gasteiger partial charge in [0, 0.05) is 20.0 Å². The van der Waals surface area contributed by atoms with Crippen molar-refractivity contribution in [3.05, 3.63) is 29.3 Å². The number of hydrogen-bond acceptors (Lipinski definition) is 3. The van der Waals surface area contributed by atoms with Gasteiger partial charge in [0.2, 0.25) is 5.91 Å². The highest BCUT2D eigenvalue weighted by Crippen LogP contribution is 2.26. The van der Waals surface area contributed by atoms with Crippen molar-refractivity contribution in [1.82, 2.24) is 4.90 Å². The minimum Gasteiger partial charge on any atom is -0.334 e. The van der Waals surface area contributed by atoms with E-state index in [0.29, 0.717) is 18.7 Å². The van der Waals surface area contributed by atoms with Crippen LogP contribution in [0, 0.1) is 0 Å². The van der Waals surface area contributed by atoms with Gasteiger partial charge in [-0.05, 0) is 23.3 Å². The predicted molar refractivity (Wildman–Crippen MR) is 54.7 cm³/mol. The van der Waals surface area contributed by atoms with E-state index in [0.717, 1.165) is 5.56 Å². The van der Waals surface area contributed by atoms with E-state index >= 15 is 0 Å². The second kappa shape index (κ2) is 3.55. The smallest absolute Gasteiger partial charge is 0.332 e. The van der Waals surface area contributed by atoms with Crippen molar-refractivity contribution in [2.75, 3.05) is 0 Å². The van der Waals surface area contributed by atoms with Crippen LogP contribution in [0.3, 0.4) is 0 Å². The molecule has 1 amide bonds. The molecule has 4 nitrogen and oxygen atoms in total. The van der Waals surface area contributed by atoms with Crippen molar-refractivity contribution < 1.29 is 17.1 Å². The fraction of sp³-hybridized carbons (Fsp3) is 0.300. The molecule has 86 valence electrons. The fourth-order valence-corrected chi connectivity index (χ4v) is 2.26. The first-order valence-corrected chi connectivity index (χ1v) is 6.08. The van der Waals surface area contributed by atoms with E-state index in [9.17, 15) is 17.1 Å². The van der Waals surface area contributed by atoms with Gasteiger partial charge in [-0.1, -0.05) is 6.07 Å². The quantitative estimate of drug-likeness (QED) is 0.696. The van der Waals surface area contributed by atoms with Crippen LogP contribution in [0.5, 0.6) is 0 Å². The van der Waals surface area contributed by atoms with Crippen LogP contribution >= 0.6 is 0 Å². The van der Waals surface area contributed by atoms with Gasteiger partial charge < -0.3 is 4.90 Å². The van der Waals surface area contributed by atoms with Gasteiger partial charge in [-0.2, -0.15) is 8.42 Å². The molecule has 1 aromatic carbocycles. The highest BCUT2D eigenvalue weighted by molar-refractivity contribution is 7.86. The van der Waals surface area contributed by atoms with E-state index in [1.165, 1.54) is 19.1 Å². The molecule has 0 spiro atoms. The Kier molecular flexibility index (Phi) is 2.46. The molecule has 0 aromatic heterocycles. The number of fused-ring (bicyclic) bond motifs is 1. The van der Waals surface area contributed by atoms with E-state index < -0.39 is 10.2 Å². The molecule has 0 N–H and O–H groups in total. The van der Waals surface area contributed by atoms with Crippen LogP contribution in [-0.4, -0.2) is 19.2 Å². The van der Waals surface area contributed by atoms with Crippen LogP contribution in [0.2, 0.25) is 0 Å². The van der Waals surface area contributed by atoms with Crippen molar-refractivity contribution in [2.24, 2.45) is 0 Å². The first-order chi connectivity index (χ1) is 7.38. The Balaban J connectivity index is 2.39. The topological polar surface area (TPSA) is 54.5 Å². The molecule has 16 heavy (non-hydrogen) atoms. The predicted octanol–water partition coefficient (Wildman–Crippen LogP) is 1.21. The molecule has 0 aliphatic carbocycles. The third-order valence-electron chi connectivity index (χ3n) is 2.63. The summed E-state index contributed by atoms with van der Waals surface area (Å²) >= 11 is 0. The second-order valence-electron chi connectivity index (χ2n) is 3.74. The minimum absolute atomic E-state index is 0.0825. The first-order valence-electron chi connectivity index (χ1n) is 4.70. The van der Waals surface area contributed by atoms with Crippen LogP contribution in [0.1, 0.15) is 18.1 Å². The maximum atomic E-state index is 12.7. The molecular weight excluding hydrogens is 233 g/mol. The Morgan fingerprint density at radius 2 is 1.94 bits per heavy atom. The van der Waals surface area contributed by atoms with Crippen LogP contribution in [0.4, 0.5) is 3.89 Å². The van der Waals surface area contributed by atoms with Crippen molar-refractivity contribution in [3.8, 4) is 0 Å². The average Bonchev–Trinajstić information content (AvgIpc) is 2.58. The zero-order valence-electron chi connectivity index (χ0n) is 8.60. The van der Waals surface area contributed by atoms with Crippen LogP contribution in [0.25, 0.3) is 0 Å². The van der Waals surface area contributed by atoms with Crippen LogP contribution in [-0.2, 0) is 28.1 Å². The Hall–Kier alpha value is -1.43. The number of carbonyl (C=O) groups excluding carboxylic acids is 1. The summed E-state index contributed by atoms with van der Waals surface area (Å²) in [4.78, 5) is 12.3. The lowest BCUT2D eigenvalue weighted by atomic mass is 10.1. The molecule has 0 saturated heterocycles. The second-order valence-corrected chi connectivity index (χ2v) is 5.09. The maximum Gasteiger partial charge on any atom is 0.332 e. The lowest BCUT2D eigenvalue weighted by molar-refractivity contribution is -0.129. The van der Waals surface area contributed by atoms with Crippen LogP contribution < -0.4 is 0 Å². The average molecular weight is 243 g/mol. The number of carbonyl (C=O) groups is 1. The zero-order chi connectivity index (χ0) is 11.9. The number of benzene rings is 1. The number of halogens is 1. The minimum atomic E-state index is -4.67.